The Morgan fingerprint density at radius 1 is 1.10 bits per heavy atom. The molecular formula is C13H13N3O3S. The van der Waals surface area contributed by atoms with Gasteiger partial charge in [0, 0.05) is 6.20 Å². The van der Waals surface area contributed by atoms with Crippen LogP contribution in [0.25, 0.3) is 15.8 Å². The highest BCUT2D eigenvalue weighted by molar-refractivity contribution is 7.14. The molecule has 2 heterocycles. The van der Waals surface area contributed by atoms with Crippen molar-refractivity contribution in [2.75, 3.05) is 0 Å². The van der Waals surface area contributed by atoms with Gasteiger partial charge in [0.2, 0.25) is 0 Å². The van der Waals surface area contributed by atoms with Gasteiger partial charge < -0.3 is 4.98 Å². The van der Waals surface area contributed by atoms with Crippen LogP contribution in [0.3, 0.4) is 0 Å². The zero-order valence-electron chi connectivity index (χ0n) is 11.0. The first-order valence-corrected chi connectivity index (χ1v) is 6.87. The minimum Gasteiger partial charge on any atom is -0.312 e. The third-order valence-electron chi connectivity index (χ3n) is 2.51. The van der Waals surface area contributed by atoms with Crippen molar-refractivity contribution in [2.45, 2.75) is 13.8 Å². The first kappa shape index (κ1) is 14.0. The molecule has 1 aromatic carbocycles. The van der Waals surface area contributed by atoms with Gasteiger partial charge in [-0.05, 0) is 12.1 Å². The molecule has 0 radical (unpaired) electrons. The molecule has 20 heavy (non-hydrogen) atoms. The smallest absolute Gasteiger partial charge is 0.312 e. The number of nitrogens with zero attached hydrogens (tertiary/aromatic N) is 1. The first-order chi connectivity index (χ1) is 9.66. The predicted octanol–water partition coefficient (Wildman–Crippen LogP) is 1.45. The van der Waals surface area contributed by atoms with Crippen LogP contribution in [0.2, 0.25) is 0 Å². The van der Waals surface area contributed by atoms with E-state index in [1.807, 2.05) is 19.9 Å². The van der Waals surface area contributed by atoms with Gasteiger partial charge >= 0.3 is 5.69 Å². The van der Waals surface area contributed by atoms with E-state index in [4.69, 9.17) is 0 Å². The second-order valence-corrected chi connectivity index (χ2v) is 4.63. The van der Waals surface area contributed by atoms with E-state index in [1.54, 1.807) is 18.2 Å². The quantitative estimate of drug-likeness (QED) is 0.711. The van der Waals surface area contributed by atoms with Gasteiger partial charge in [-0.25, -0.2) is 8.75 Å². The zero-order chi connectivity index (χ0) is 14.7. The number of rotatable bonds is 1. The van der Waals surface area contributed by atoms with Gasteiger partial charge in [-0.1, -0.05) is 37.5 Å². The Balaban J connectivity index is 0.000000704. The van der Waals surface area contributed by atoms with Crippen molar-refractivity contribution < 1.29 is 0 Å². The van der Waals surface area contributed by atoms with Crippen molar-refractivity contribution in [3.63, 3.8) is 0 Å². The molecule has 2 aromatic heterocycles. The summed E-state index contributed by atoms with van der Waals surface area (Å²) in [5.74, 6) is 0. The Morgan fingerprint density at radius 3 is 2.45 bits per heavy atom. The van der Waals surface area contributed by atoms with Crippen LogP contribution < -0.4 is 16.8 Å². The number of hydrogen-bond acceptors (Lipinski definition) is 4. The summed E-state index contributed by atoms with van der Waals surface area (Å²) in [6, 6.07) is 7.08. The molecule has 0 aliphatic rings. The van der Waals surface area contributed by atoms with E-state index >= 15 is 0 Å². The van der Waals surface area contributed by atoms with Crippen molar-refractivity contribution in [1.29, 1.82) is 0 Å². The van der Waals surface area contributed by atoms with Crippen molar-refractivity contribution in [3.05, 3.63) is 61.7 Å². The fraction of sp³-hybridized carbons (Fsp3) is 0.154. The van der Waals surface area contributed by atoms with Gasteiger partial charge in [0.25, 0.3) is 11.1 Å². The molecule has 0 unspecified atom stereocenters. The van der Waals surface area contributed by atoms with E-state index < -0.39 is 11.2 Å². The number of fused-ring (bicyclic) bond motifs is 1. The lowest BCUT2D eigenvalue weighted by atomic mass is 10.3. The molecule has 0 aliphatic heterocycles. The Hall–Kier alpha value is -2.41. The standard InChI is InChI=1S/C11H7N3O3S.C2H6/c15-9-7(5-12-11(17)13-9)14-10(16)6-3-1-2-4-8(6)18-14;1-2/h1-5H,(H2,12,13,15,17);1-2H3. The van der Waals surface area contributed by atoms with Gasteiger partial charge in [-0.15, -0.1) is 0 Å². The Labute approximate surface area is 117 Å². The maximum absolute atomic E-state index is 12.1. The van der Waals surface area contributed by atoms with Gasteiger partial charge in [0.15, 0.2) is 0 Å². The molecule has 0 aliphatic carbocycles. The molecule has 0 bridgehead atoms. The van der Waals surface area contributed by atoms with E-state index in [9.17, 15) is 14.4 Å². The highest BCUT2D eigenvalue weighted by atomic mass is 32.1. The number of H-pyrrole nitrogens is 2. The average Bonchev–Trinajstić information content (AvgIpc) is 2.79. The summed E-state index contributed by atoms with van der Waals surface area (Å²) in [7, 11) is 0. The van der Waals surface area contributed by atoms with E-state index in [1.165, 1.54) is 10.2 Å². The van der Waals surface area contributed by atoms with E-state index in [0.717, 1.165) is 16.2 Å². The summed E-state index contributed by atoms with van der Waals surface area (Å²) >= 11 is 1.16. The average molecular weight is 291 g/mol. The van der Waals surface area contributed by atoms with Crippen LogP contribution in [0.4, 0.5) is 0 Å². The monoisotopic (exact) mass is 291 g/mol. The SMILES string of the molecule is CC.O=c1[nH]cc(-n2sc3ccccc3c2=O)c(=O)[nH]1. The van der Waals surface area contributed by atoms with Gasteiger partial charge in [-0.2, -0.15) is 0 Å². The van der Waals surface area contributed by atoms with Gasteiger partial charge in [0.05, 0.1) is 10.1 Å². The van der Waals surface area contributed by atoms with Crippen molar-refractivity contribution >= 4 is 21.6 Å². The molecule has 104 valence electrons. The predicted molar refractivity (Wildman–Crippen MR) is 80.0 cm³/mol. The zero-order valence-corrected chi connectivity index (χ0v) is 11.8. The van der Waals surface area contributed by atoms with E-state index in [0.29, 0.717) is 5.39 Å². The molecule has 3 aromatic rings. The van der Waals surface area contributed by atoms with Crippen molar-refractivity contribution in [2.24, 2.45) is 0 Å². The molecule has 7 heteroatoms. The Bertz CT molecular complexity index is 901. The highest BCUT2D eigenvalue weighted by Gasteiger charge is 2.11. The second kappa shape index (κ2) is 5.70. The second-order valence-electron chi connectivity index (χ2n) is 3.64. The van der Waals surface area contributed by atoms with Crippen LogP contribution in [0, 0.1) is 0 Å². The molecule has 0 atom stereocenters. The molecule has 0 saturated heterocycles. The molecule has 0 spiro atoms. The first-order valence-electron chi connectivity index (χ1n) is 6.10. The van der Waals surface area contributed by atoms with Crippen molar-refractivity contribution in [1.82, 2.24) is 13.9 Å². The van der Waals surface area contributed by atoms with Crippen LogP contribution in [-0.4, -0.2) is 13.9 Å². The van der Waals surface area contributed by atoms with Crippen LogP contribution in [-0.2, 0) is 0 Å². The minimum absolute atomic E-state index is 0.112. The molecule has 6 nitrogen and oxygen atoms in total. The molecule has 0 fully saturated rings. The van der Waals surface area contributed by atoms with Crippen LogP contribution >= 0.6 is 11.5 Å². The van der Waals surface area contributed by atoms with E-state index in [2.05, 4.69) is 9.97 Å². The van der Waals surface area contributed by atoms with E-state index in [-0.39, 0.29) is 11.2 Å². The number of aromatic nitrogens is 3. The molecule has 3 rings (SSSR count). The fourth-order valence-electron chi connectivity index (χ4n) is 1.68. The third kappa shape index (κ3) is 2.35. The third-order valence-corrected chi connectivity index (χ3v) is 3.61. The normalized spacial score (nSPS) is 10.1. The summed E-state index contributed by atoms with van der Waals surface area (Å²) in [6.45, 7) is 4.00. The van der Waals surface area contributed by atoms with Gasteiger partial charge in [0.1, 0.15) is 5.69 Å². The lowest BCUT2D eigenvalue weighted by Gasteiger charge is -1.96. The summed E-state index contributed by atoms with van der Waals surface area (Å²) in [4.78, 5) is 39.1. The number of hydrogen-bond donors (Lipinski definition) is 2. The minimum atomic E-state index is -0.599. The fourth-order valence-corrected chi connectivity index (χ4v) is 2.69. The largest absolute Gasteiger partial charge is 0.325 e. The summed E-state index contributed by atoms with van der Waals surface area (Å²) in [5.41, 5.74) is -1.35. The Kier molecular flexibility index (Phi) is 3.99. The lowest BCUT2D eigenvalue weighted by molar-refractivity contribution is 0.978. The molecule has 0 saturated carbocycles. The summed E-state index contributed by atoms with van der Waals surface area (Å²) < 4.78 is 2.05. The summed E-state index contributed by atoms with van der Waals surface area (Å²) in [6.07, 6.45) is 1.23. The number of benzene rings is 1. The number of nitrogens with one attached hydrogen (secondary N) is 2. The van der Waals surface area contributed by atoms with Crippen LogP contribution in [0.15, 0.2) is 44.8 Å². The Morgan fingerprint density at radius 2 is 1.80 bits per heavy atom. The van der Waals surface area contributed by atoms with Crippen LogP contribution in [0.1, 0.15) is 13.8 Å². The number of aromatic amines is 2. The maximum atomic E-state index is 12.1. The molecular weight excluding hydrogens is 278 g/mol. The van der Waals surface area contributed by atoms with Crippen LogP contribution in [0.5, 0.6) is 0 Å². The lowest BCUT2D eigenvalue weighted by Crippen LogP contribution is -2.27. The molecule has 0 amide bonds. The maximum Gasteiger partial charge on any atom is 0.325 e. The van der Waals surface area contributed by atoms with Gasteiger partial charge in [-0.3, -0.25) is 14.6 Å². The van der Waals surface area contributed by atoms with Crippen molar-refractivity contribution in [3.8, 4) is 5.69 Å². The topological polar surface area (TPSA) is 87.7 Å². The highest BCUT2D eigenvalue weighted by Crippen LogP contribution is 2.17. The molecule has 2 N–H and O–H groups in total. The summed E-state index contributed by atoms with van der Waals surface area (Å²) in [5, 5.41) is 0.549.